The van der Waals surface area contributed by atoms with E-state index >= 15 is 0 Å². The average Bonchev–Trinajstić information content (AvgIpc) is 2.09. The quantitative estimate of drug-likeness (QED) is 0.661. The second-order valence-electron chi connectivity index (χ2n) is 1.75. The van der Waals surface area contributed by atoms with E-state index in [1.165, 1.54) is 6.07 Å². The molecule has 0 saturated carbocycles. The van der Waals surface area contributed by atoms with Crippen molar-refractivity contribution in [2.75, 3.05) is 0 Å². The lowest BCUT2D eigenvalue weighted by Gasteiger charge is -1.94. The Balaban J connectivity index is 0.000000461. The van der Waals surface area contributed by atoms with Crippen molar-refractivity contribution in [1.29, 1.82) is 0 Å². The molecule has 1 nitrogen and oxygen atoms in total. The van der Waals surface area contributed by atoms with Gasteiger partial charge in [-0.1, -0.05) is 32.0 Å². The van der Waals surface area contributed by atoms with Crippen molar-refractivity contribution in [2.45, 2.75) is 20.5 Å². The molecule has 1 aromatic rings. The molecule has 62 valence electrons. The lowest BCUT2D eigenvalue weighted by Crippen LogP contribution is -1.86. The van der Waals surface area contributed by atoms with E-state index in [1.54, 1.807) is 18.2 Å². The Kier molecular flexibility index (Phi) is 5.39. The Morgan fingerprint density at radius 1 is 1.27 bits per heavy atom. The van der Waals surface area contributed by atoms with Crippen molar-refractivity contribution < 1.29 is 9.50 Å². The first-order valence-electron chi connectivity index (χ1n) is 3.69. The normalized spacial score (nSPS) is 8.36. The van der Waals surface area contributed by atoms with Crippen molar-refractivity contribution in [2.24, 2.45) is 0 Å². The molecule has 2 heteroatoms. The van der Waals surface area contributed by atoms with Crippen LogP contribution < -0.4 is 0 Å². The molecule has 0 aliphatic heterocycles. The molecule has 0 unspecified atom stereocenters. The van der Waals surface area contributed by atoms with Crippen LogP contribution >= 0.6 is 0 Å². The Hall–Kier alpha value is -0.890. The minimum absolute atomic E-state index is 0.229. The third-order valence-electron chi connectivity index (χ3n) is 1.13. The predicted octanol–water partition coefficient (Wildman–Crippen LogP) is 2.34. The van der Waals surface area contributed by atoms with Crippen LogP contribution in [0.4, 0.5) is 4.39 Å². The SMILES string of the molecule is CC.OCc1ccccc1F. The molecule has 0 bridgehead atoms. The third-order valence-corrected chi connectivity index (χ3v) is 1.13. The molecule has 1 aromatic carbocycles. The summed E-state index contributed by atoms with van der Waals surface area (Å²) in [5.41, 5.74) is 0.345. The molecule has 0 atom stereocenters. The second kappa shape index (κ2) is 5.86. The molecule has 0 heterocycles. The van der Waals surface area contributed by atoms with Crippen LogP contribution in [0.1, 0.15) is 19.4 Å². The molecular formula is C9H13FO. The van der Waals surface area contributed by atoms with Gasteiger partial charge < -0.3 is 5.11 Å². The highest BCUT2D eigenvalue weighted by atomic mass is 19.1. The van der Waals surface area contributed by atoms with Gasteiger partial charge in [0.05, 0.1) is 6.61 Å². The molecule has 1 rings (SSSR count). The zero-order chi connectivity index (χ0) is 8.69. The first kappa shape index (κ1) is 10.1. The first-order chi connectivity index (χ1) is 5.34. The molecule has 0 saturated heterocycles. The molecule has 0 spiro atoms. The molecule has 0 aromatic heterocycles. The standard InChI is InChI=1S/C7H7FO.C2H6/c8-7-4-2-1-3-6(7)5-9;1-2/h1-4,9H,5H2;1-2H3. The predicted molar refractivity (Wildman–Crippen MR) is 43.7 cm³/mol. The Morgan fingerprint density at radius 3 is 2.18 bits per heavy atom. The van der Waals surface area contributed by atoms with Gasteiger partial charge in [0.15, 0.2) is 0 Å². The highest BCUT2D eigenvalue weighted by Crippen LogP contribution is 2.04. The molecule has 0 amide bonds. The van der Waals surface area contributed by atoms with Gasteiger partial charge in [-0.05, 0) is 6.07 Å². The minimum atomic E-state index is -0.347. The van der Waals surface area contributed by atoms with E-state index in [4.69, 9.17) is 5.11 Å². The van der Waals surface area contributed by atoms with E-state index in [0.29, 0.717) is 5.56 Å². The molecular weight excluding hydrogens is 143 g/mol. The summed E-state index contributed by atoms with van der Waals surface area (Å²) in [5, 5.41) is 8.48. The van der Waals surface area contributed by atoms with Crippen molar-refractivity contribution in [1.82, 2.24) is 0 Å². The summed E-state index contributed by atoms with van der Waals surface area (Å²) >= 11 is 0. The van der Waals surface area contributed by atoms with E-state index in [9.17, 15) is 4.39 Å². The molecule has 0 radical (unpaired) electrons. The minimum Gasteiger partial charge on any atom is -0.392 e. The maximum absolute atomic E-state index is 12.4. The number of benzene rings is 1. The summed E-state index contributed by atoms with van der Waals surface area (Å²) in [5.74, 6) is -0.347. The molecule has 0 aliphatic carbocycles. The highest BCUT2D eigenvalue weighted by molar-refractivity contribution is 5.15. The maximum atomic E-state index is 12.4. The Bertz CT molecular complexity index is 199. The fourth-order valence-electron chi connectivity index (χ4n) is 0.627. The Labute approximate surface area is 66.5 Å². The zero-order valence-electron chi connectivity index (χ0n) is 6.84. The summed E-state index contributed by atoms with van der Waals surface area (Å²) in [4.78, 5) is 0. The van der Waals surface area contributed by atoms with Gasteiger partial charge in [0, 0.05) is 5.56 Å². The smallest absolute Gasteiger partial charge is 0.128 e. The topological polar surface area (TPSA) is 20.2 Å². The number of aliphatic hydroxyl groups excluding tert-OH is 1. The lowest BCUT2D eigenvalue weighted by atomic mass is 10.2. The first-order valence-corrected chi connectivity index (χ1v) is 3.69. The van der Waals surface area contributed by atoms with Gasteiger partial charge in [-0.2, -0.15) is 0 Å². The maximum Gasteiger partial charge on any atom is 0.128 e. The van der Waals surface area contributed by atoms with Gasteiger partial charge >= 0.3 is 0 Å². The molecule has 11 heavy (non-hydrogen) atoms. The number of hydrogen-bond acceptors (Lipinski definition) is 1. The summed E-state index contributed by atoms with van der Waals surface area (Å²) < 4.78 is 12.4. The van der Waals surface area contributed by atoms with Crippen LogP contribution in [0.25, 0.3) is 0 Å². The molecule has 0 aliphatic rings. The lowest BCUT2D eigenvalue weighted by molar-refractivity contribution is 0.276. The van der Waals surface area contributed by atoms with Crippen LogP contribution in [-0.4, -0.2) is 5.11 Å². The summed E-state index contributed by atoms with van der Waals surface area (Å²) in [7, 11) is 0. The van der Waals surface area contributed by atoms with Gasteiger partial charge in [-0.3, -0.25) is 0 Å². The second-order valence-corrected chi connectivity index (χ2v) is 1.75. The summed E-state index contributed by atoms with van der Waals surface area (Å²) in [6.07, 6.45) is 0. The molecule has 1 N–H and O–H groups in total. The largest absolute Gasteiger partial charge is 0.392 e. The van der Waals surface area contributed by atoms with Gasteiger partial charge in [-0.25, -0.2) is 4.39 Å². The van der Waals surface area contributed by atoms with Crippen LogP contribution in [0.3, 0.4) is 0 Å². The fourth-order valence-corrected chi connectivity index (χ4v) is 0.627. The van der Waals surface area contributed by atoms with E-state index in [-0.39, 0.29) is 12.4 Å². The van der Waals surface area contributed by atoms with E-state index in [1.807, 2.05) is 13.8 Å². The van der Waals surface area contributed by atoms with Crippen LogP contribution in [0, 0.1) is 5.82 Å². The van der Waals surface area contributed by atoms with Crippen LogP contribution in [0.2, 0.25) is 0 Å². The van der Waals surface area contributed by atoms with E-state index in [0.717, 1.165) is 0 Å². The highest BCUT2D eigenvalue weighted by Gasteiger charge is 1.94. The number of halogens is 1. The molecule has 0 fully saturated rings. The summed E-state index contributed by atoms with van der Waals surface area (Å²) in [6.45, 7) is 3.77. The number of hydrogen-bond donors (Lipinski definition) is 1. The average molecular weight is 156 g/mol. The summed E-state index contributed by atoms with van der Waals surface area (Å²) in [6, 6.07) is 6.16. The van der Waals surface area contributed by atoms with Crippen LogP contribution in [-0.2, 0) is 6.61 Å². The number of rotatable bonds is 1. The van der Waals surface area contributed by atoms with Crippen LogP contribution in [0.15, 0.2) is 24.3 Å². The zero-order valence-corrected chi connectivity index (χ0v) is 6.84. The van der Waals surface area contributed by atoms with Crippen molar-refractivity contribution >= 4 is 0 Å². The van der Waals surface area contributed by atoms with Gasteiger partial charge in [-0.15, -0.1) is 0 Å². The van der Waals surface area contributed by atoms with Crippen LogP contribution in [0.5, 0.6) is 0 Å². The van der Waals surface area contributed by atoms with E-state index in [2.05, 4.69) is 0 Å². The van der Waals surface area contributed by atoms with Gasteiger partial charge in [0.25, 0.3) is 0 Å². The van der Waals surface area contributed by atoms with Gasteiger partial charge in [0.1, 0.15) is 5.82 Å². The van der Waals surface area contributed by atoms with Gasteiger partial charge in [0.2, 0.25) is 0 Å². The van der Waals surface area contributed by atoms with E-state index < -0.39 is 0 Å². The third kappa shape index (κ3) is 3.14. The monoisotopic (exact) mass is 156 g/mol. The fraction of sp³-hybridized carbons (Fsp3) is 0.333. The number of aliphatic hydroxyl groups is 1. The van der Waals surface area contributed by atoms with Crippen molar-refractivity contribution in [3.8, 4) is 0 Å². The van der Waals surface area contributed by atoms with Crippen molar-refractivity contribution in [3.05, 3.63) is 35.6 Å². The Morgan fingerprint density at radius 2 is 1.82 bits per heavy atom. The van der Waals surface area contributed by atoms with Crippen molar-refractivity contribution in [3.63, 3.8) is 0 Å².